The Kier molecular flexibility index (Phi) is 3.38. The van der Waals surface area contributed by atoms with Gasteiger partial charge in [-0.2, -0.15) is 16.8 Å². The fourth-order valence-corrected chi connectivity index (χ4v) is 1.03. The standard InChI is InChI=1S/C2H6NO6S2/c4-10(5,6)1-3-2-11(7,8)9/h1-2H2,(H,4,5,6)(H,7,8,9). The van der Waals surface area contributed by atoms with E-state index >= 15 is 0 Å². The molecule has 0 heterocycles. The number of hydrogen-bond donors (Lipinski definition) is 2. The molecule has 0 aliphatic heterocycles. The normalized spacial score (nSPS) is 13.3. The maximum Gasteiger partial charge on any atom is 0.279 e. The molecule has 9 heteroatoms. The van der Waals surface area contributed by atoms with Crippen LogP contribution in [-0.2, 0) is 20.2 Å². The molecule has 0 unspecified atom stereocenters. The van der Waals surface area contributed by atoms with E-state index in [2.05, 4.69) is 5.32 Å². The van der Waals surface area contributed by atoms with Gasteiger partial charge in [0.25, 0.3) is 20.2 Å². The molecule has 7 nitrogen and oxygen atoms in total. The second kappa shape index (κ2) is 3.45. The first-order valence-electron chi connectivity index (χ1n) is 2.24. The van der Waals surface area contributed by atoms with Gasteiger partial charge in [0, 0.05) is 0 Å². The molecule has 11 heavy (non-hydrogen) atoms. The van der Waals surface area contributed by atoms with Crippen molar-refractivity contribution < 1.29 is 25.9 Å². The molecule has 67 valence electrons. The van der Waals surface area contributed by atoms with Crippen LogP contribution in [0.15, 0.2) is 0 Å². The van der Waals surface area contributed by atoms with Crippen molar-refractivity contribution in [3.05, 3.63) is 0 Å². The van der Waals surface area contributed by atoms with E-state index in [1.165, 1.54) is 0 Å². The van der Waals surface area contributed by atoms with Gasteiger partial charge in [-0.3, -0.25) is 9.11 Å². The zero-order chi connectivity index (χ0) is 9.12. The predicted molar refractivity (Wildman–Crippen MR) is 35.0 cm³/mol. The van der Waals surface area contributed by atoms with Crippen LogP contribution in [0.3, 0.4) is 0 Å². The Bertz CT molecular complexity index is 267. The first kappa shape index (κ1) is 10.8. The van der Waals surface area contributed by atoms with Crippen molar-refractivity contribution in [1.29, 1.82) is 0 Å². The third-order valence-corrected chi connectivity index (χ3v) is 1.53. The summed E-state index contributed by atoms with van der Waals surface area (Å²) in [6.45, 7) is 0. The maximum atomic E-state index is 9.90. The van der Waals surface area contributed by atoms with Crippen molar-refractivity contribution in [2.24, 2.45) is 0 Å². The second-order valence-corrected chi connectivity index (χ2v) is 4.49. The average molecular weight is 204 g/mol. The first-order chi connectivity index (χ1) is 4.71. The van der Waals surface area contributed by atoms with Crippen LogP contribution in [0.1, 0.15) is 0 Å². The summed E-state index contributed by atoms with van der Waals surface area (Å²) in [5.41, 5.74) is 0. The lowest BCUT2D eigenvalue weighted by molar-refractivity contribution is 0.469. The van der Waals surface area contributed by atoms with Crippen LogP contribution >= 0.6 is 0 Å². The van der Waals surface area contributed by atoms with Gasteiger partial charge in [-0.05, 0) is 0 Å². The molecule has 0 spiro atoms. The summed E-state index contributed by atoms with van der Waals surface area (Å²) < 4.78 is 55.6. The van der Waals surface area contributed by atoms with Gasteiger partial charge >= 0.3 is 0 Å². The lowest BCUT2D eigenvalue weighted by Gasteiger charge is -1.95. The van der Waals surface area contributed by atoms with Crippen molar-refractivity contribution >= 4 is 20.2 Å². The van der Waals surface area contributed by atoms with Crippen molar-refractivity contribution in [1.82, 2.24) is 5.32 Å². The molecule has 0 aromatic heterocycles. The Morgan fingerprint density at radius 3 is 1.36 bits per heavy atom. The maximum absolute atomic E-state index is 9.90. The molecule has 0 saturated heterocycles. The fourth-order valence-electron chi connectivity index (χ4n) is 0.268. The Morgan fingerprint density at radius 2 is 1.18 bits per heavy atom. The van der Waals surface area contributed by atoms with E-state index in [0.29, 0.717) is 0 Å². The highest BCUT2D eigenvalue weighted by molar-refractivity contribution is 7.86. The van der Waals surface area contributed by atoms with Crippen LogP contribution in [-0.4, -0.2) is 37.7 Å². The van der Waals surface area contributed by atoms with Crippen molar-refractivity contribution in [3.63, 3.8) is 0 Å². The van der Waals surface area contributed by atoms with E-state index in [4.69, 9.17) is 9.11 Å². The van der Waals surface area contributed by atoms with Gasteiger partial charge in [-0.25, -0.2) is 5.32 Å². The van der Waals surface area contributed by atoms with Crippen molar-refractivity contribution in [2.45, 2.75) is 0 Å². The minimum Gasteiger partial charge on any atom is -0.285 e. The quantitative estimate of drug-likeness (QED) is 0.525. The van der Waals surface area contributed by atoms with Crippen LogP contribution in [0, 0.1) is 0 Å². The zero-order valence-electron chi connectivity index (χ0n) is 5.21. The van der Waals surface area contributed by atoms with Gasteiger partial charge in [0.2, 0.25) is 0 Å². The van der Waals surface area contributed by atoms with Gasteiger partial charge in [0.15, 0.2) is 0 Å². The molecule has 0 atom stereocenters. The summed E-state index contributed by atoms with van der Waals surface area (Å²) in [5.74, 6) is -2.07. The predicted octanol–water partition coefficient (Wildman–Crippen LogP) is -1.72. The molecule has 1 radical (unpaired) electrons. The first-order valence-corrected chi connectivity index (χ1v) is 5.46. The number of nitrogens with zero attached hydrogens (tertiary/aromatic N) is 1. The van der Waals surface area contributed by atoms with E-state index in [1.54, 1.807) is 0 Å². The van der Waals surface area contributed by atoms with Crippen LogP contribution in [0.4, 0.5) is 0 Å². The minimum atomic E-state index is -4.29. The van der Waals surface area contributed by atoms with E-state index < -0.39 is 32.0 Å². The lowest BCUT2D eigenvalue weighted by Crippen LogP contribution is -2.21. The molecule has 0 bridgehead atoms. The molecule has 0 aromatic rings. The van der Waals surface area contributed by atoms with E-state index in [1.807, 2.05) is 0 Å². The monoisotopic (exact) mass is 204 g/mol. The number of hydrogen-bond acceptors (Lipinski definition) is 4. The third kappa shape index (κ3) is 9.78. The van der Waals surface area contributed by atoms with Gasteiger partial charge < -0.3 is 0 Å². The SMILES string of the molecule is O=S(=O)(O)C[N]CS(=O)(=O)O. The Hall–Kier alpha value is -0.220. The highest BCUT2D eigenvalue weighted by Gasteiger charge is 2.09. The van der Waals surface area contributed by atoms with Gasteiger partial charge in [0.05, 0.1) is 0 Å². The van der Waals surface area contributed by atoms with E-state index in [9.17, 15) is 16.8 Å². The topological polar surface area (TPSA) is 123 Å². The summed E-state index contributed by atoms with van der Waals surface area (Å²) in [6.07, 6.45) is 0. The Balaban J connectivity index is 3.79. The Morgan fingerprint density at radius 1 is 0.909 bits per heavy atom. The molecule has 2 N–H and O–H groups in total. The molecule has 0 saturated carbocycles. The summed E-state index contributed by atoms with van der Waals surface area (Å²) in [6, 6.07) is 0. The van der Waals surface area contributed by atoms with Crippen LogP contribution in [0.25, 0.3) is 0 Å². The van der Waals surface area contributed by atoms with Gasteiger partial charge in [0.1, 0.15) is 11.8 Å². The second-order valence-electron chi connectivity index (χ2n) is 1.65. The summed E-state index contributed by atoms with van der Waals surface area (Å²) >= 11 is 0. The van der Waals surface area contributed by atoms with Gasteiger partial charge in [-0.1, -0.05) is 0 Å². The molecule has 0 fully saturated rings. The molecular formula is C2H6NO6S2. The van der Waals surface area contributed by atoms with E-state index in [0.717, 1.165) is 0 Å². The average Bonchev–Trinajstić information content (AvgIpc) is 1.55. The molecule has 0 aliphatic carbocycles. The molecule has 0 aromatic carbocycles. The van der Waals surface area contributed by atoms with Crippen LogP contribution in [0.2, 0.25) is 0 Å². The molecule has 0 aliphatic rings. The summed E-state index contributed by atoms with van der Waals surface area (Å²) in [7, 11) is -8.58. The number of rotatable bonds is 4. The zero-order valence-corrected chi connectivity index (χ0v) is 6.84. The van der Waals surface area contributed by atoms with E-state index in [-0.39, 0.29) is 0 Å². The highest BCUT2D eigenvalue weighted by atomic mass is 32.2. The Labute approximate surface area is 63.9 Å². The van der Waals surface area contributed by atoms with Crippen LogP contribution in [0.5, 0.6) is 0 Å². The largest absolute Gasteiger partial charge is 0.285 e. The van der Waals surface area contributed by atoms with Crippen molar-refractivity contribution in [3.8, 4) is 0 Å². The van der Waals surface area contributed by atoms with Crippen molar-refractivity contribution in [2.75, 3.05) is 11.8 Å². The molecule has 0 rings (SSSR count). The lowest BCUT2D eigenvalue weighted by atomic mass is 11.2. The van der Waals surface area contributed by atoms with Gasteiger partial charge in [-0.15, -0.1) is 0 Å². The summed E-state index contributed by atoms with van der Waals surface area (Å²) in [5, 5.41) is 2.84. The fraction of sp³-hybridized carbons (Fsp3) is 1.00. The highest BCUT2D eigenvalue weighted by Crippen LogP contribution is 1.82. The molecular weight excluding hydrogens is 198 g/mol. The third-order valence-electron chi connectivity index (χ3n) is 0.509. The minimum absolute atomic E-state index is 1.03. The smallest absolute Gasteiger partial charge is 0.279 e. The molecule has 0 amide bonds. The summed E-state index contributed by atoms with van der Waals surface area (Å²) in [4.78, 5) is 0. The van der Waals surface area contributed by atoms with Crippen LogP contribution < -0.4 is 5.32 Å².